The Bertz CT molecular complexity index is 385. The Hall–Kier alpha value is -1.66. The molecule has 0 atom stereocenters. The van der Waals surface area contributed by atoms with E-state index in [0.29, 0.717) is 0 Å². The molecule has 1 rings (SSSR count). The smallest absolute Gasteiger partial charge is 0.408 e. The number of alkyl carbamates (subject to hydrolysis) is 1. The molecule has 0 aliphatic carbocycles. The summed E-state index contributed by atoms with van der Waals surface area (Å²) in [5.41, 5.74) is -1.06. The standard InChI is InChI=1S/C10H14F2N2O3/c1-10(2,3)16-9(15)13-5-6-4-7(8(11)12)14-17-6/h4,8H,5H2,1-3H3,(H,13,15). The van der Waals surface area contributed by atoms with Crippen LogP contribution < -0.4 is 5.32 Å². The summed E-state index contributed by atoms with van der Waals surface area (Å²) in [6.45, 7) is 5.11. The normalized spacial score (nSPS) is 11.6. The van der Waals surface area contributed by atoms with Gasteiger partial charge in [0.2, 0.25) is 0 Å². The third-order valence-electron chi connectivity index (χ3n) is 1.61. The van der Waals surface area contributed by atoms with Crippen molar-refractivity contribution in [2.45, 2.75) is 39.3 Å². The van der Waals surface area contributed by atoms with Gasteiger partial charge in [-0.1, -0.05) is 5.16 Å². The van der Waals surface area contributed by atoms with Crippen LogP contribution in [-0.2, 0) is 11.3 Å². The number of hydrogen-bond acceptors (Lipinski definition) is 4. The third kappa shape index (κ3) is 4.80. The Morgan fingerprint density at radius 2 is 2.24 bits per heavy atom. The van der Waals surface area contributed by atoms with Gasteiger partial charge in [0.1, 0.15) is 11.3 Å². The number of nitrogens with one attached hydrogen (secondary N) is 1. The van der Waals surface area contributed by atoms with Gasteiger partial charge in [0.05, 0.1) is 6.54 Å². The van der Waals surface area contributed by atoms with Crippen LogP contribution in [0.25, 0.3) is 0 Å². The van der Waals surface area contributed by atoms with Crippen molar-refractivity contribution < 1.29 is 22.8 Å². The van der Waals surface area contributed by atoms with Crippen LogP contribution >= 0.6 is 0 Å². The van der Waals surface area contributed by atoms with Gasteiger partial charge < -0.3 is 14.6 Å². The summed E-state index contributed by atoms with van der Waals surface area (Å²) < 4.78 is 33.9. The Morgan fingerprint density at radius 1 is 1.59 bits per heavy atom. The number of aromatic nitrogens is 1. The molecule has 1 heterocycles. The van der Waals surface area contributed by atoms with Crippen molar-refractivity contribution in [3.63, 3.8) is 0 Å². The van der Waals surface area contributed by atoms with E-state index in [1.54, 1.807) is 20.8 Å². The summed E-state index contributed by atoms with van der Waals surface area (Å²) in [7, 11) is 0. The summed E-state index contributed by atoms with van der Waals surface area (Å²) in [6, 6.07) is 1.09. The zero-order valence-electron chi connectivity index (χ0n) is 9.79. The van der Waals surface area contributed by atoms with E-state index >= 15 is 0 Å². The quantitative estimate of drug-likeness (QED) is 0.893. The Kier molecular flexibility index (Phi) is 4.03. The first-order chi connectivity index (χ1) is 7.78. The molecule has 1 aromatic heterocycles. The second-order valence-electron chi connectivity index (χ2n) is 4.37. The molecule has 96 valence electrons. The molecule has 1 aromatic rings. The number of carbonyl (C=O) groups excluding carboxylic acids is 1. The number of carbonyl (C=O) groups is 1. The van der Waals surface area contributed by atoms with Crippen LogP contribution in [0.2, 0.25) is 0 Å². The van der Waals surface area contributed by atoms with Gasteiger partial charge in [0.15, 0.2) is 5.76 Å². The molecule has 1 N–H and O–H groups in total. The first-order valence-electron chi connectivity index (χ1n) is 4.98. The lowest BCUT2D eigenvalue weighted by molar-refractivity contribution is 0.0518. The summed E-state index contributed by atoms with van der Waals surface area (Å²) in [4.78, 5) is 11.2. The Morgan fingerprint density at radius 3 is 2.71 bits per heavy atom. The molecule has 0 aliphatic rings. The molecule has 0 aliphatic heterocycles. The van der Waals surface area contributed by atoms with E-state index in [1.165, 1.54) is 0 Å². The van der Waals surface area contributed by atoms with Crippen molar-refractivity contribution in [2.75, 3.05) is 0 Å². The molecule has 0 saturated carbocycles. The number of amides is 1. The average Bonchev–Trinajstić information content (AvgIpc) is 2.60. The number of hydrogen-bond donors (Lipinski definition) is 1. The van der Waals surface area contributed by atoms with E-state index in [-0.39, 0.29) is 12.3 Å². The first-order valence-corrected chi connectivity index (χ1v) is 4.98. The van der Waals surface area contributed by atoms with E-state index in [4.69, 9.17) is 4.74 Å². The SMILES string of the molecule is CC(C)(C)OC(=O)NCc1cc(C(F)F)no1. The molecule has 0 radical (unpaired) electrons. The molecule has 17 heavy (non-hydrogen) atoms. The lowest BCUT2D eigenvalue weighted by atomic mass is 10.2. The minimum absolute atomic E-state index is 0.0470. The first kappa shape index (κ1) is 13.4. The van der Waals surface area contributed by atoms with E-state index < -0.39 is 23.8 Å². The number of halogens is 2. The van der Waals surface area contributed by atoms with Gasteiger partial charge in [-0.2, -0.15) is 0 Å². The minimum Gasteiger partial charge on any atom is -0.444 e. The summed E-state index contributed by atoms with van der Waals surface area (Å²) in [5.74, 6) is 0.145. The number of rotatable bonds is 3. The zero-order valence-corrected chi connectivity index (χ0v) is 9.79. The van der Waals surface area contributed by atoms with Crippen LogP contribution in [0.1, 0.15) is 38.7 Å². The van der Waals surface area contributed by atoms with Gasteiger partial charge in [-0.05, 0) is 20.8 Å². The molecule has 0 unspecified atom stereocenters. The highest BCUT2D eigenvalue weighted by Gasteiger charge is 2.17. The lowest BCUT2D eigenvalue weighted by Crippen LogP contribution is -2.32. The largest absolute Gasteiger partial charge is 0.444 e. The topological polar surface area (TPSA) is 64.4 Å². The monoisotopic (exact) mass is 248 g/mol. The molecule has 0 saturated heterocycles. The predicted molar refractivity (Wildman–Crippen MR) is 54.5 cm³/mol. The van der Waals surface area contributed by atoms with Gasteiger partial charge in [0.25, 0.3) is 6.43 Å². The van der Waals surface area contributed by atoms with Gasteiger partial charge in [-0.15, -0.1) is 0 Å². The molecule has 0 bridgehead atoms. The van der Waals surface area contributed by atoms with E-state index in [1.807, 2.05) is 0 Å². The van der Waals surface area contributed by atoms with Crippen LogP contribution in [0.15, 0.2) is 10.6 Å². The molecule has 0 spiro atoms. The van der Waals surface area contributed by atoms with Gasteiger partial charge in [0, 0.05) is 6.07 Å². The van der Waals surface area contributed by atoms with Crippen molar-refractivity contribution in [3.8, 4) is 0 Å². The predicted octanol–water partition coefficient (Wildman–Crippen LogP) is 2.64. The summed E-state index contributed by atoms with van der Waals surface area (Å²) in [6.07, 6.45) is -3.33. The number of nitrogens with zero attached hydrogens (tertiary/aromatic N) is 1. The molecule has 7 heteroatoms. The second-order valence-corrected chi connectivity index (χ2v) is 4.37. The lowest BCUT2D eigenvalue weighted by Gasteiger charge is -2.19. The third-order valence-corrected chi connectivity index (χ3v) is 1.61. The molecule has 5 nitrogen and oxygen atoms in total. The van der Waals surface area contributed by atoms with Crippen molar-refractivity contribution >= 4 is 6.09 Å². The van der Waals surface area contributed by atoms with Crippen molar-refractivity contribution in [2.24, 2.45) is 0 Å². The molecule has 0 aromatic carbocycles. The van der Waals surface area contributed by atoms with Crippen LogP contribution in [0.3, 0.4) is 0 Å². The molecular formula is C10H14F2N2O3. The van der Waals surface area contributed by atoms with E-state index in [0.717, 1.165) is 6.07 Å². The summed E-state index contributed by atoms with van der Waals surface area (Å²) in [5, 5.41) is 5.52. The fourth-order valence-electron chi connectivity index (χ4n) is 0.989. The maximum Gasteiger partial charge on any atom is 0.408 e. The molecule has 1 amide bonds. The van der Waals surface area contributed by atoms with Gasteiger partial charge in [-0.3, -0.25) is 0 Å². The van der Waals surface area contributed by atoms with Crippen LogP contribution in [0, 0.1) is 0 Å². The summed E-state index contributed by atoms with van der Waals surface area (Å²) >= 11 is 0. The number of alkyl halides is 2. The van der Waals surface area contributed by atoms with Gasteiger partial charge in [-0.25, -0.2) is 13.6 Å². The molecular weight excluding hydrogens is 234 g/mol. The Balaban J connectivity index is 2.42. The van der Waals surface area contributed by atoms with Crippen molar-refractivity contribution in [1.29, 1.82) is 0 Å². The highest BCUT2D eigenvalue weighted by Crippen LogP contribution is 2.17. The highest BCUT2D eigenvalue weighted by molar-refractivity contribution is 5.67. The van der Waals surface area contributed by atoms with E-state index in [2.05, 4.69) is 15.0 Å². The minimum atomic E-state index is -2.69. The maximum absolute atomic E-state index is 12.2. The van der Waals surface area contributed by atoms with Crippen LogP contribution in [0.5, 0.6) is 0 Å². The Labute approximate surface area is 97.1 Å². The van der Waals surface area contributed by atoms with Crippen molar-refractivity contribution in [1.82, 2.24) is 10.5 Å². The fourth-order valence-corrected chi connectivity index (χ4v) is 0.989. The van der Waals surface area contributed by atoms with Crippen molar-refractivity contribution in [3.05, 3.63) is 17.5 Å². The van der Waals surface area contributed by atoms with Crippen LogP contribution in [0.4, 0.5) is 13.6 Å². The zero-order chi connectivity index (χ0) is 13.1. The number of ether oxygens (including phenoxy) is 1. The van der Waals surface area contributed by atoms with Gasteiger partial charge >= 0.3 is 6.09 Å². The molecule has 0 fully saturated rings. The van der Waals surface area contributed by atoms with Crippen LogP contribution in [-0.4, -0.2) is 16.9 Å². The second kappa shape index (κ2) is 5.11. The fraction of sp³-hybridized carbons (Fsp3) is 0.600. The highest BCUT2D eigenvalue weighted by atomic mass is 19.3. The average molecular weight is 248 g/mol. The van der Waals surface area contributed by atoms with E-state index in [9.17, 15) is 13.6 Å². The maximum atomic E-state index is 12.2.